The van der Waals surface area contributed by atoms with Gasteiger partial charge in [-0.3, -0.25) is 9.79 Å². The third kappa shape index (κ3) is 6.40. The van der Waals surface area contributed by atoms with Crippen molar-refractivity contribution in [1.82, 2.24) is 10.3 Å². The number of amides is 1. The van der Waals surface area contributed by atoms with Gasteiger partial charge in [-0.15, -0.1) is 11.3 Å². The topological polar surface area (TPSA) is 83.8 Å². The van der Waals surface area contributed by atoms with Crippen molar-refractivity contribution in [3.8, 4) is 11.5 Å². The minimum absolute atomic E-state index is 0.0795. The second kappa shape index (κ2) is 11.6. The lowest BCUT2D eigenvalue weighted by molar-refractivity contribution is -0.118. The molecule has 0 atom stereocenters. The van der Waals surface area contributed by atoms with Gasteiger partial charge in [0.15, 0.2) is 4.34 Å². The number of benzene rings is 4. The van der Waals surface area contributed by atoms with Gasteiger partial charge in [0, 0.05) is 16.8 Å². The first kappa shape index (κ1) is 25.1. The highest BCUT2D eigenvalue weighted by molar-refractivity contribution is 8.01. The van der Waals surface area contributed by atoms with Crippen LogP contribution in [0.4, 0.5) is 5.69 Å². The average Bonchev–Trinajstić information content (AvgIpc) is 3.33. The number of ether oxygens (including phenoxy) is 1. The summed E-state index contributed by atoms with van der Waals surface area (Å²) in [6, 6.07) is 24.3. The molecule has 6 nitrogen and oxygen atoms in total. The van der Waals surface area contributed by atoms with Crippen molar-refractivity contribution in [2.24, 2.45) is 4.99 Å². The smallest absolute Gasteiger partial charge is 0.230 e. The van der Waals surface area contributed by atoms with Crippen LogP contribution in [-0.2, 0) is 4.79 Å². The van der Waals surface area contributed by atoms with Crippen LogP contribution in [0.25, 0.3) is 21.0 Å². The fraction of sp³-hybridized carbons (Fsp3) is 0.107. The maximum absolute atomic E-state index is 12.2. The molecule has 0 aliphatic heterocycles. The number of hydrogen-bond donors (Lipinski definition) is 2. The summed E-state index contributed by atoms with van der Waals surface area (Å²) in [5.74, 6) is 1.09. The first-order chi connectivity index (χ1) is 18.0. The highest BCUT2D eigenvalue weighted by Gasteiger charge is 2.09. The monoisotopic (exact) mass is 547 g/mol. The van der Waals surface area contributed by atoms with Gasteiger partial charge in [0.05, 0.1) is 28.2 Å². The van der Waals surface area contributed by atoms with Gasteiger partial charge < -0.3 is 15.2 Å². The van der Waals surface area contributed by atoms with Crippen LogP contribution in [0.1, 0.15) is 5.56 Å². The molecule has 0 radical (unpaired) electrons. The van der Waals surface area contributed by atoms with Crippen molar-refractivity contribution >= 4 is 73.5 Å². The molecule has 37 heavy (non-hydrogen) atoms. The fourth-order valence-corrected chi connectivity index (χ4v) is 5.72. The number of fused-ring (bicyclic) bond motifs is 2. The molecule has 2 N–H and O–H groups in total. The van der Waals surface area contributed by atoms with E-state index in [0.29, 0.717) is 29.5 Å². The van der Waals surface area contributed by atoms with E-state index < -0.39 is 0 Å². The second-order valence-corrected chi connectivity index (χ2v) is 10.7. The molecule has 1 heterocycles. The quantitative estimate of drug-likeness (QED) is 0.120. The second-order valence-electron chi connectivity index (χ2n) is 8.05. The number of thiazole rings is 1. The molecule has 0 saturated heterocycles. The van der Waals surface area contributed by atoms with Crippen LogP contribution < -0.4 is 10.1 Å². The molecule has 4 aromatic carbocycles. The van der Waals surface area contributed by atoms with Gasteiger partial charge in [-0.2, -0.15) is 0 Å². The zero-order valence-electron chi connectivity index (χ0n) is 19.6. The van der Waals surface area contributed by atoms with Crippen LogP contribution in [0.5, 0.6) is 11.5 Å². The zero-order chi connectivity index (χ0) is 25.6. The summed E-state index contributed by atoms with van der Waals surface area (Å²) in [7, 11) is 0. The first-order valence-electron chi connectivity index (χ1n) is 11.5. The predicted molar refractivity (Wildman–Crippen MR) is 153 cm³/mol. The van der Waals surface area contributed by atoms with Gasteiger partial charge in [0.1, 0.15) is 18.1 Å². The number of aliphatic imine (C=N–C) groups is 1. The van der Waals surface area contributed by atoms with E-state index in [-0.39, 0.29) is 17.4 Å². The third-order valence-corrected chi connectivity index (χ3v) is 7.89. The molecule has 0 aliphatic rings. The number of nitrogens with one attached hydrogen (secondary N) is 1. The normalized spacial score (nSPS) is 11.4. The molecule has 1 aromatic heterocycles. The summed E-state index contributed by atoms with van der Waals surface area (Å²) in [6.07, 6.45) is 1.69. The third-order valence-electron chi connectivity index (χ3n) is 5.48. The Morgan fingerprint density at radius 3 is 2.81 bits per heavy atom. The Kier molecular flexibility index (Phi) is 7.89. The molecule has 186 valence electrons. The summed E-state index contributed by atoms with van der Waals surface area (Å²) < 4.78 is 7.38. The van der Waals surface area contributed by atoms with Crippen LogP contribution in [0.3, 0.4) is 0 Å². The number of phenols is 1. The zero-order valence-corrected chi connectivity index (χ0v) is 21.9. The summed E-state index contributed by atoms with van der Waals surface area (Å²) in [5.41, 5.74) is 2.30. The molecule has 0 saturated carbocycles. The van der Waals surface area contributed by atoms with Crippen molar-refractivity contribution in [3.63, 3.8) is 0 Å². The highest BCUT2D eigenvalue weighted by atomic mass is 35.5. The Morgan fingerprint density at radius 2 is 1.95 bits per heavy atom. The van der Waals surface area contributed by atoms with Crippen LogP contribution in [0.15, 0.2) is 88.2 Å². The standard InChI is InChI=1S/C28H22ClN3O3S2/c29-19-6-9-21(10-7-19)35-14-13-30-27(34)17-36-28-32-24-11-8-20(15-26(24)37-28)31-16-23-22-4-2-1-3-18(22)5-12-25(23)33/h1-12,15-16,33H,13-14,17H2,(H,30,34). The van der Waals surface area contributed by atoms with E-state index in [1.165, 1.54) is 23.1 Å². The van der Waals surface area contributed by atoms with E-state index in [4.69, 9.17) is 16.3 Å². The summed E-state index contributed by atoms with van der Waals surface area (Å²) in [5, 5.41) is 15.8. The van der Waals surface area contributed by atoms with Gasteiger partial charge in [-0.25, -0.2) is 4.98 Å². The lowest BCUT2D eigenvalue weighted by Crippen LogP contribution is -2.29. The number of nitrogens with zero attached hydrogens (tertiary/aromatic N) is 2. The number of hydrogen-bond acceptors (Lipinski definition) is 7. The van der Waals surface area contributed by atoms with E-state index in [9.17, 15) is 9.90 Å². The molecule has 5 rings (SSSR count). The fourth-order valence-electron chi connectivity index (χ4n) is 3.66. The van der Waals surface area contributed by atoms with Crippen LogP contribution in [0.2, 0.25) is 5.02 Å². The number of carbonyl (C=O) groups is 1. The number of phenolic OH excluding ortho intramolecular Hbond substituents is 1. The molecule has 0 unspecified atom stereocenters. The molecular weight excluding hydrogens is 526 g/mol. The maximum Gasteiger partial charge on any atom is 0.230 e. The van der Waals surface area contributed by atoms with Gasteiger partial charge in [-0.05, 0) is 59.3 Å². The van der Waals surface area contributed by atoms with Crippen LogP contribution in [-0.4, -0.2) is 41.1 Å². The van der Waals surface area contributed by atoms with Gasteiger partial charge >= 0.3 is 0 Å². The number of carbonyl (C=O) groups excluding carboxylic acids is 1. The molecule has 9 heteroatoms. The largest absolute Gasteiger partial charge is 0.507 e. The number of thioether (sulfide) groups is 1. The number of rotatable bonds is 9. The molecule has 0 fully saturated rings. The van der Waals surface area contributed by atoms with Crippen molar-refractivity contribution < 1.29 is 14.6 Å². The van der Waals surface area contributed by atoms with E-state index in [1.54, 1.807) is 36.5 Å². The van der Waals surface area contributed by atoms with Gasteiger partial charge in [0.2, 0.25) is 5.91 Å². The Hall–Kier alpha value is -3.59. The average molecular weight is 548 g/mol. The van der Waals surface area contributed by atoms with E-state index in [0.717, 1.165) is 31.0 Å². The van der Waals surface area contributed by atoms with Gasteiger partial charge in [0.25, 0.3) is 0 Å². The van der Waals surface area contributed by atoms with Gasteiger partial charge in [-0.1, -0.05) is 53.7 Å². The maximum atomic E-state index is 12.2. The number of aromatic nitrogens is 1. The highest BCUT2D eigenvalue weighted by Crippen LogP contribution is 2.32. The summed E-state index contributed by atoms with van der Waals surface area (Å²) >= 11 is 8.78. The summed E-state index contributed by atoms with van der Waals surface area (Å²) in [6.45, 7) is 0.786. The Labute approximate surface area is 227 Å². The lowest BCUT2D eigenvalue weighted by Gasteiger charge is -2.07. The SMILES string of the molecule is O=C(CSc1nc2ccc(N=Cc3c(O)ccc4ccccc34)cc2s1)NCCOc1ccc(Cl)cc1. The Balaban J connectivity index is 1.16. The van der Waals surface area contributed by atoms with Crippen molar-refractivity contribution in [2.45, 2.75) is 4.34 Å². The predicted octanol–water partition coefficient (Wildman–Crippen LogP) is 6.85. The van der Waals surface area contributed by atoms with Crippen molar-refractivity contribution in [2.75, 3.05) is 18.9 Å². The number of halogens is 1. The lowest BCUT2D eigenvalue weighted by atomic mass is 10.0. The van der Waals surface area contributed by atoms with E-state index in [1.807, 2.05) is 48.5 Å². The summed E-state index contributed by atoms with van der Waals surface area (Å²) in [4.78, 5) is 21.4. The number of aromatic hydroxyl groups is 1. The van der Waals surface area contributed by atoms with E-state index in [2.05, 4.69) is 15.3 Å². The molecule has 5 aromatic rings. The molecule has 0 aliphatic carbocycles. The Morgan fingerprint density at radius 1 is 1.11 bits per heavy atom. The van der Waals surface area contributed by atoms with E-state index >= 15 is 0 Å². The molecular formula is C28H22ClN3O3S2. The minimum atomic E-state index is -0.0795. The van der Waals surface area contributed by atoms with Crippen LogP contribution in [0, 0.1) is 0 Å². The molecule has 0 bridgehead atoms. The molecule has 1 amide bonds. The van der Waals surface area contributed by atoms with Crippen LogP contribution >= 0.6 is 34.7 Å². The minimum Gasteiger partial charge on any atom is -0.507 e. The molecule has 0 spiro atoms. The first-order valence-corrected chi connectivity index (χ1v) is 13.7. The Bertz CT molecular complexity index is 1590. The van der Waals surface area contributed by atoms with Crippen molar-refractivity contribution in [1.29, 1.82) is 0 Å². The van der Waals surface area contributed by atoms with Crippen molar-refractivity contribution in [3.05, 3.63) is 89.4 Å².